The minimum Gasteiger partial charge on any atom is -0.497 e. The zero-order chi connectivity index (χ0) is 18.1. The molecule has 1 unspecified atom stereocenters. The topological polar surface area (TPSA) is 32.8 Å². The van der Waals surface area contributed by atoms with Gasteiger partial charge in [-0.25, -0.2) is 0 Å². The predicted octanol–water partition coefficient (Wildman–Crippen LogP) is 3.20. The number of carbonyl (C=O) groups excluding carboxylic acids is 1. The lowest BCUT2D eigenvalue weighted by Crippen LogP contribution is -2.53. The van der Waals surface area contributed by atoms with Gasteiger partial charge in [0.05, 0.1) is 13.2 Å². The molecule has 26 heavy (non-hydrogen) atoms. The SMILES string of the molecule is COc1ccc(C2CN(C3CCN(Cc4ccc(C)cc4)C3=O)C2)cc1. The first kappa shape index (κ1) is 17.1. The van der Waals surface area contributed by atoms with Crippen LogP contribution in [0.5, 0.6) is 5.75 Å². The lowest BCUT2D eigenvalue weighted by Gasteiger charge is -2.42. The quantitative estimate of drug-likeness (QED) is 0.830. The molecule has 4 rings (SSSR count). The number of methoxy groups -OCH3 is 1. The second kappa shape index (κ2) is 7.12. The third kappa shape index (κ3) is 3.34. The fourth-order valence-electron chi connectivity index (χ4n) is 3.99. The van der Waals surface area contributed by atoms with Crippen molar-refractivity contribution in [3.05, 3.63) is 65.2 Å². The molecule has 2 fully saturated rings. The maximum Gasteiger partial charge on any atom is 0.240 e. The number of rotatable bonds is 5. The van der Waals surface area contributed by atoms with Gasteiger partial charge in [0.15, 0.2) is 0 Å². The van der Waals surface area contributed by atoms with E-state index in [1.807, 2.05) is 17.0 Å². The molecule has 0 radical (unpaired) electrons. The minimum atomic E-state index is 0.0648. The van der Waals surface area contributed by atoms with Crippen molar-refractivity contribution >= 4 is 5.91 Å². The molecule has 136 valence electrons. The molecule has 1 atom stereocenters. The largest absolute Gasteiger partial charge is 0.497 e. The molecule has 0 spiro atoms. The summed E-state index contributed by atoms with van der Waals surface area (Å²) in [5.74, 6) is 1.71. The third-order valence-electron chi connectivity index (χ3n) is 5.70. The summed E-state index contributed by atoms with van der Waals surface area (Å²) < 4.78 is 5.22. The van der Waals surface area contributed by atoms with E-state index in [1.54, 1.807) is 7.11 Å². The van der Waals surface area contributed by atoms with E-state index in [4.69, 9.17) is 4.74 Å². The number of benzene rings is 2. The molecule has 0 N–H and O–H groups in total. The van der Waals surface area contributed by atoms with Gasteiger partial charge in [-0.05, 0) is 36.6 Å². The van der Waals surface area contributed by atoms with Gasteiger partial charge in [0.1, 0.15) is 5.75 Å². The van der Waals surface area contributed by atoms with E-state index in [0.717, 1.165) is 38.3 Å². The van der Waals surface area contributed by atoms with E-state index >= 15 is 0 Å². The Bertz CT molecular complexity index is 764. The van der Waals surface area contributed by atoms with E-state index in [2.05, 4.69) is 48.2 Å². The van der Waals surface area contributed by atoms with E-state index in [9.17, 15) is 4.79 Å². The summed E-state index contributed by atoms with van der Waals surface area (Å²) in [6.45, 7) is 5.62. The highest BCUT2D eigenvalue weighted by Gasteiger charge is 2.41. The molecule has 4 nitrogen and oxygen atoms in total. The summed E-state index contributed by atoms with van der Waals surface area (Å²) in [4.78, 5) is 17.2. The Hall–Kier alpha value is -2.33. The van der Waals surface area contributed by atoms with Crippen LogP contribution < -0.4 is 4.74 Å². The van der Waals surface area contributed by atoms with Crippen molar-refractivity contribution in [2.75, 3.05) is 26.7 Å². The minimum absolute atomic E-state index is 0.0648. The van der Waals surface area contributed by atoms with Crippen LogP contribution in [0.1, 0.15) is 29.0 Å². The van der Waals surface area contributed by atoms with Crippen LogP contribution >= 0.6 is 0 Å². The van der Waals surface area contributed by atoms with Gasteiger partial charge in [0.25, 0.3) is 0 Å². The fraction of sp³-hybridized carbons (Fsp3) is 0.409. The molecule has 0 aromatic heterocycles. The van der Waals surface area contributed by atoms with Crippen molar-refractivity contribution in [1.29, 1.82) is 0 Å². The van der Waals surface area contributed by atoms with Crippen LogP contribution in [-0.2, 0) is 11.3 Å². The van der Waals surface area contributed by atoms with Crippen LogP contribution in [0.2, 0.25) is 0 Å². The predicted molar refractivity (Wildman–Crippen MR) is 102 cm³/mol. The first-order valence-electron chi connectivity index (χ1n) is 9.36. The van der Waals surface area contributed by atoms with Gasteiger partial charge in [0, 0.05) is 32.1 Å². The Kier molecular flexibility index (Phi) is 4.68. The summed E-state index contributed by atoms with van der Waals surface area (Å²) in [6.07, 6.45) is 0.944. The highest BCUT2D eigenvalue weighted by Crippen LogP contribution is 2.33. The molecule has 2 aromatic carbocycles. The van der Waals surface area contributed by atoms with Crippen LogP contribution in [0.25, 0.3) is 0 Å². The summed E-state index contributed by atoms with van der Waals surface area (Å²) >= 11 is 0. The highest BCUT2D eigenvalue weighted by molar-refractivity contribution is 5.84. The third-order valence-corrected chi connectivity index (χ3v) is 5.70. The molecule has 4 heteroatoms. The van der Waals surface area contributed by atoms with Gasteiger partial charge >= 0.3 is 0 Å². The molecule has 2 saturated heterocycles. The molecule has 2 aliphatic rings. The maximum atomic E-state index is 12.8. The van der Waals surface area contributed by atoms with E-state index in [0.29, 0.717) is 11.8 Å². The number of amides is 1. The summed E-state index contributed by atoms with van der Waals surface area (Å²) in [6, 6.07) is 16.9. The molecule has 2 aromatic rings. The number of ether oxygens (including phenoxy) is 1. The highest BCUT2D eigenvalue weighted by atomic mass is 16.5. The number of hydrogen-bond acceptors (Lipinski definition) is 3. The Balaban J connectivity index is 1.32. The van der Waals surface area contributed by atoms with Gasteiger partial charge < -0.3 is 9.64 Å². The lowest BCUT2D eigenvalue weighted by molar-refractivity contribution is -0.134. The summed E-state index contributed by atoms with van der Waals surface area (Å²) in [7, 11) is 1.69. The Labute approximate surface area is 155 Å². The Morgan fingerprint density at radius 3 is 2.38 bits per heavy atom. The molecule has 0 bridgehead atoms. The summed E-state index contributed by atoms with van der Waals surface area (Å²) in [5, 5.41) is 0. The van der Waals surface area contributed by atoms with E-state index in [1.165, 1.54) is 16.7 Å². The number of carbonyl (C=O) groups is 1. The summed E-state index contributed by atoms with van der Waals surface area (Å²) in [5.41, 5.74) is 3.80. The lowest BCUT2D eigenvalue weighted by atomic mass is 9.89. The molecule has 0 saturated carbocycles. The van der Waals surface area contributed by atoms with Crippen molar-refractivity contribution in [3.63, 3.8) is 0 Å². The van der Waals surface area contributed by atoms with Crippen molar-refractivity contribution in [3.8, 4) is 5.75 Å². The molecule has 2 heterocycles. The van der Waals surface area contributed by atoms with Crippen molar-refractivity contribution in [2.45, 2.75) is 31.8 Å². The second-order valence-electron chi connectivity index (χ2n) is 7.47. The zero-order valence-electron chi connectivity index (χ0n) is 15.5. The number of nitrogens with zero attached hydrogens (tertiary/aromatic N) is 2. The molecule has 0 aliphatic carbocycles. The van der Waals surface area contributed by atoms with Gasteiger partial charge in [-0.1, -0.05) is 42.0 Å². The number of likely N-dealkylation sites (tertiary alicyclic amines) is 2. The molecule has 1 amide bonds. The second-order valence-corrected chi connectivity index (χ2v) is 7.47. The average molecular weight is 350 g/mol. The van der Waals surface area contributed by atoms with E-state index < -0.39 is 0 Å². The molecular weight excluding hydrogens is 324 g/mol. The van der Waals surface area contributed by atoms with Crippen LogP contribution in [0.4, 0.5) is 0 Å². The van der Waals surface area contributed by atoms with E-state index in [-0.39, 0.29) is 6.04 Å². The van der Waals surface area contributed by atoms with Crippen LogP contribution in [0.15, 0.2) is 48.5 Å². The monoisotopic (exact) mass is 350 g/mol. The van der Waals surface area contributed by atoms with Crippen molar-refractivity contribution in [2.24, 2.45) is 0 Å². The first-order valence-corrected chi connectivity index (χ1v) is 9.36. The van der Waals surface area contributed by atoms with Crippen molar-refractivity contribution in [1.82, 2.24) is 9.80 Å². The zero-order valence-corrected chi connectivity index (χ0v) is 15.5. The van der Waals surface area contributed by atoms with Crippen LogP contribution in [0.3, 0.4) is 0 Å². The Morgan fingerprint density at radius 1 is 1.04 bits per heavy atom. The number of hydrogen-bond donors (Lipinski definition) is 0. The van der Waals surface area contributed by atoms with Gasteiger partial charge in [-0.15, -0.1) is 0 Å². The number of aryl methyl sites for hydroxylation is 1. The first-order chi connectivity index (χ1) is 12.6. The van der Waals surface area contributed by atoms with Gasteiger partial charge in [0.2, 0.25) is 5.91 Å². The van der Waals surface area contributed by atoms with Crippen LogP contribution in [0, 0.1) is 6.92 Å². The van der Waals surface area contributed by atoms with Crippen molar-refractivity contribution < 1.29 is 9.53 Å². The molecule has 2 aliphatic heterocycles. The average Bonchev–Trinajstić information content (AvgIpc) is 2.97. The molecular formula is C22H26N2O2. The normalized spacial score (nSPS) is 21.1. The maximum absolute atomic E-state index is 12.8. The van der Waals surface area contributed by atoms with Gasteiger partial charge in [-0.2, -0.15) is 0 Å². The standard InChI is InChI=1S/C22H26N2O2/c1-16-3-5-17(6-4-16)13-23-12-11-21(22(23)25)24-14-19(15-24)18-7-9-20(26-2)10-8-18/h3-10,19,21H,11-15H2,1-2H3. The van der Waals surface area contributed by atoms with Gasteiger partial charge in [-0.3, -0.25) is 9.69 Å². The smallest absolute Gasteiger partial charge is 0.240 e. The van der Waals surface area contributed by atoms with Crippen LogP contribution in [-0.4, -0.2) is 48.5 Å². The fourth-order valence-corrected chi connectivity index (χ4v) is 3.99. The Morgan fingerprint density at radius 2 is 1.73 bits per heavy atom.